The fourth-order valence-electron chi connectivity index (χ4n) is 2.42. The molecule has 1 aliphatic rings. The van der Waals surface area contributed by atoms with E-state index >= 15 is 0 Å². The van der Waals surface area contributed by atoms with E-state index in [1.165, 1.54) is 19.3 Å². The van der Waals surface area contributed by atoms with E-state index in [1.54, 1.807) is 12.1 Å². The first-order chi connectivity index (χ1) is 8.68. The number of benzene rings is 1. The Morgan fingerprint density at radius 2 is 1.94 bits per heavy atom. The summed E-state index contributed by atoms with van der Waals surface area (Å²) < 4.78 is 0. The average molecular weight is 248 g/mol. The molecule has 2 rings (SSSR count). The molecule has 1 atom stereocenters. The monoisotopic (exact) mass is 248 g/mol. The minimum absolute atomic E-state index is 0.172. The molecular formula is C14H20N2O2. The summed E-state index contributed by atoms with van der Waals surface area (Å²) in [6, 6.07) is 7.06. The van der Waals surface area contributed by atoms with Crippen molar-refractivity contribution in [2.24, 2.45) is 0 Å². The molecule has 0 radical (unpaired) electrons. The van der Waals surface area contributed by atoms with Crippen LogP contribution in [0.3, 0.4) is 0 Å². The number of hydrogen-bond donors (Lipinski definition) is 2. The first-order valence-electron chi connectivity index (χ1n) is 6.51. The van der Waals surface area contributed by atoms with Crippen LogP contribution in [-0.4, -0.2) is 35.2 Å². The van der Waals surface area contributed by atoms with Crippen LogP contribution in [0.2, 0.25) is 0 Å². The van der Waals surface area contributed by atoms with Gasteiger partial charge in [-0.1, -0.05) is 18.6 Å². The zero-order chi connectivity index (χ0) is 13.0. The molecule has 2 N–H and O–H groups in total. The summed E-state index contributed by atoms with van der Waals surface area (Å²) >= 11 is 0. The summed E-state index contributed by atoms with van der Waals surface area (Å²) in [5, 5.41) is 12.4. The Morgan fingerprint density at radius 3 is 2.61 bits per heavy atom. The molecule has 0 aliphatic carbocycles. The molecular weight excluding hydrogens is 228 g/mol. The van der Waals surface area contributed by atoms with Crippen molar-refractivity contribution in [3.8, 4) is 0 Å². The molecule has 1 aliphatic heterocycles. The molecule has 0 amide bonds. The summed E-state index contributed by atoms with van der Waals surface area (Å²) in [4.78, 5) is 13.5. The van der Waals surface area contributed by atoms with Gasteiger partial charge in [-0.25, -0.2) is 4.79 Å². The zero-order valence-corrected chi connectivity index (χ0v) is 10.7. The van der Waals surface area contributed by atoms with Gasteiger partial charge in [-0.15, -0.1) is 0 Å². The van der Waals surface area contributed by atoms with Gasteiger partial charge < -0.3 is 10.4 Å². The predicted molar refractivity (Wildman–Crippen MR) is 71.9 cm³/mol. The first kappa shape index (κ1) is 12.9. The third-order valence-corrected chi connectivity index (χ3v) is 3.46. The van der Waals surface area contributed by atoms with Crippen molar-refractivity contribution in [3.05, 3.63) is 29.8 Å². The fourth-order valence-corrected chi connectivity index (χ4v) is 2.42. The van der Waals surface area contributed by atoms with E-state index in [2.05, 4.69) is 17.1 Å². The third-order valence-electron chi connectivity index (χ3n) is 3.46. The Labute approximate surface area is 108 Å². The van der Waals surface area contributed by atoms with E-state index in [1.807, 2.05) is 12.1 Å². The molecule has 1 saturated heterocycles. The van der Waals surface area contributed by atoms with Gasteiger partial charge in [0.05, 0.1) is 11.7 Å². The zero-order valence-electron chi connectivity index (χ0n) is 10.7. The van der Waals surface area contributed by atoms with Crippen molar-refractivity contribution in [2.75, 3.05) is 18.4 Å². The number of aromatic carboxylic acids is 1. The van der Waals surface area contributed by atoms with Gasteiger partial charge in [0.25, 0.3) is 0 Å². The fraction of sp³-hybridized carbons (Fsp3) is 0.500. The number of carboxylic acids is 1. The minimum Gasteiger partial charge on any atom is -0.478 e. The van der Waals surface area contributed by atoms with Crippen LogP contribution in [0.25, 0.3) is 0 Å². The number of nitrogens with one attached hydrogen (secondary N) is 1. The third kappa shape index (κ3) is 3.01. The lowest BCUT2D eigenvalue weighted by Gasteiger charge is -2.33. The highest BCUT2D eigenvalue weighted by atomic mass is 16.4. The highest BCUT2D eigenvalue weighted by Gasteiger charge is 2.18. The maximum absolute atomic E-state index is 11.1. The molecule has 1 fully saturated rings. The van der Waals surface area contributed by atoms with Crippen LogP contribution < -0.4 is 5.32 Å². The number of hydrogen-bond acceptors (Lipinski definition) is 3. The molecule has 0 spiro atoms. The molecule has 1 heterocycles. The number of rotatable bonds is 4. The topological polar surface area (TPSA) is 52.6 Å². The van der Waals surface area contributed by atoms with Gasteiger partial charge in [0.15, 0.2) is 0 Å². The van der Waals surface area contributed by atoms with Crippen LogP contribution in [0.15, 0.2) is 24.3 Å². The van der Waals surface area contributed by atoms with E-state index in [9.17, 15) is 4.79 Å². The van der Waals surface area contributed by atoms with Gasteiger partial charge in [0, 0.05) is 18.8 Å². The van der Waals surface area contributed by atoms with Crippen LogP contribution in [0.5, 0.6) is 0 Å². The minimum atomic E-state index is -0.885. The lowest BCUT2D eigenvalue weighted by Crippen LogP contribution is -2.42. The summed E-state index contributed by atoms with van der Waals surface area (Å²) in [5.41, 5.74) is 1.03. The number of para-hydroxylation sites is 1. The van der Waals surface area contributed by atoms with Crippen molar-refractivity contribution in [1.29, 1.82) is 0 Å². The second-order valence-corrected chi connectivity index (χ2v) is 4.77. The van der Waals surface area contributed by atoms with Gasteiger partial charge in [0.2, 0.25) is 0 Å². The number of carbonyl (C=O) groups is 1. The van der Waals surface area contributed by atoms with Crippen molar-refractivity contribution in [1.82, 2.24) is 4.90 Å². The normalized spacial score (nSPS) is 18.3. The number of piperidine rings is 1. The lowest BCUT2D eigenvalue weighted by molar-refractivity contribution is 0.0697. The van der Waals surface area contributed by atoms with Crippen molar-refractivity contribution < 1.29 is 9.90 Å². The lowest BCUT2D eigenvalue weighted by atomic mass is 10.1. The van der Waals surface area contributed by atoms with E-state index in [0.717, 1.165) is 13.1 Å². The van der Waals surface area contributed by atoms with Crippen LogP contribution in [0.1, 0.15) is 36.5 Å². The smallest absolute Gasteiger partial charge is 0.337 e. The Morgan fingerprint density at radius 1 is 1.28 bits per heavy atom. The second kappa shape index (κ2) is 5.87. The molecule has 4 nitrogen and oxygen atoms in total. The van der Waals surface area contributed by atoms with E-state index in [0.29, 0.717) is 11.3 Å². The Kier molecular flexibility index (Phi) is 4.20. The highest BCUT2D eigenvalue weighted by Crippen LogP contribution is 2.19. The number of nitrogens with zero attached hydrogens (tertiary/aromatic N) is 1. The standard InChI is InChI=1S/C14H20N2O2/c1-11(16-9-5-2-6-10-16)15-13-8-4-3-7-12(13)14(17)18/h3-4,7-8,11,15H,2,5-6,9-10H2,1H3,(H,17,18). The number of likely N-dealkylation sites (tertiary alicyclic amines) is 1. The molecule has 0 bridgehead atoms. The maximum atomic E-state index is 11.1. The average Bonchev–Trinajstić information content (AvgIpc) is 2.40. The van der Waals surface area contributed by atoms with Gasteiger partial charge in [-0.05, 0) is 31.9 Å². The van der Waals surface area contributed by atoms with Gasteiger partial charge >= 0.3 is 5.97 Å². The SMILES string of the molecule is CC(Nc1ccccc1C(=O)O)N1CCCCC1. The van der Waals surface area contributed by atoms with Gasteiger partial charge in [-0.3, -0.25) is 4.90 Å². The maximum Gasteiger partial charge on any atom is 0.337 e. The van der Waals surface area contributed by atoms with Crippen molar-refractivity contribution in [3.63, 3.8) is 0 Å². The number of anilines is 1. The van der Waals surface area contributed by atoms with Crippen LogP contribution in [0.4, 0.5) is 5.69 Å². The molecule has 18 heavy (non-hydrogen) atoms. The second-order valence-electron chi connectivity index (χ2n) is 4.77. The van der Waals surface area contributed by atoms with Crippen molar-refractivity contribution in [2.45, 2.75) is 32.4 Å². The summed E-state index contributed by atoms with van der Waals surface area (Å²) in [7, 11) is 0. The van der Waals surface area contributed by atoms with E-state index < -0.39 is 5.97 Å². The molecule has 1 aromatic rings. The van der Waals surface area contributed by atoms with Gasteiger partial charge in [-0.2, -0.15) is 0 Å². The molecule has 4 heteroatoms. The molecule has 98 valence electrons. The largest absolute Gasteiger partial charge is 0.478 e. The van der Waals surface area contributed by atoms with E-state index in [-0.39, 0.29) is 6.17 Å². The predicted octanol–water partition coefficient (Wildman–Crippen LogP) is 2.63. The summed E-state index contributed by atoms with van der Waals surface area (Å²) in [5.74, 6) is -0.885. The van der Waals surface area contributed by atoms with Crippen LogP contribution in [0, 0.1) is 0 Å². The highest BCUT2D eigenvalue weighted by molar-refractivity contribution is 5.94. The first-order valence-corrected chi connectivity index (χ1v) is 6.51. The Balaban J connectivity index is 2.06. The number of carboxylic acid groups (broad SMARTS) is 1. The van der Waals surface area contributed by atoms with Crippen LogP contribution >= 0.6 is 0 Å². The van der Waals surface area contributed by atoms with Crippen LogP contribution in [-0.2, 0) is 0 Å². The van der Waals surface area contributed by atoms with Crippen molar-refractivity contribution >= 4 is 11.7 Å². The molecule has 0 saturated carbocycles. The molecule has 1 unspecified atom stereocenters. The summed E-state index contributed by atoms with van der Waals surface area (Å²) in [6.07, 6.45) is 3.93. The molecule has 0 aromatic heterocycles. The van der Waals surface area contributed by atoms with Gasteiger partial charge in [0.1, 0.15) is 0 Å². The Bertz CT molecular complexity index is 414. The Hall–Kier alpha value is -1.55. The molecule has 1 aromatic carbocycles. The summed E-state index contributed by atoms with van der Waals surface area (Å²) in [6.45, 7) is 4.26. The van der Waals surface area contributed by atoms with E-state index in [4.69, 9.17) is 5.11 Å². The quantitative estimate of drug-likeness (QED) is 0.860.